The van der Waals surface area contributed by atoms with Gasteiger partial charge >= 0.3 is 0 Å². The Labute approximate surface area is 130 Å². The van der Waals surface area contributed by atoms with E-state index in [1.54, 1.807) is 18.9 Å². The van der Waals surface area contributed by atoms with E-state index in [-0.39, 0.29) is 0 Å². The lowest BCUT2D eigenvalue weighted by molar-refractivity contribution is 0.199. The van der Waals surface area contributed by atoms with Crippen LogP contribution in [0.1, 0.15) is 17.2 Å². The second-order valence-electron chi connectivity index (χ2n) is 4.83. The molecule has 0 fully saturated rings. The third kappa shape index (κ3) is 4.84. The Balaban J connectivity index is 1.87. The van der Waals surface area contributed by atoms with Crippen LogP contribution < -0.4 is 5.32 Å². The summed E-state index contributed by atoms with van der Waals surface area (Å²) in [5, 5.41) is 11.6. The maximum Gasteiger partial charge on any atom is 0.143 e. The van der Waals surface area contributed by atoms with E-state index in [4.69, 9.17) is 4.74 Å². The number of methoxy groups -OCH3 is 1. The second kappa shape index (κ2) is 8.17. The lowest BCUT2D eigenvalue weighted by Crippen LogP contribution is -2.18. The number of aromatic nitrogens is 3. The van der Waals surface area contributed by atoms with Crippen molar-refractivity contribution in [3.63, 3.8) is 0 Å². The van der Waals surface area contributed by atoms with Crippen LogP contribution in [0.15, 0.2) is 29.2 Å². The molecule has 0 aliphatic rings. The Morgan fingerprint density at radius 3 is 2.90 bits per heavy atom. The number of hydrogen-bond donors (Lipinski definition) is 1. The molecule has 21 heavy (non-hydrogen) atoms. The fourth-order valence-electron chi connectivity index (χ4n) is 1.88. The molecule has 1 heterocycles. The van der Waals surface area contributed by atoms with Gasteiger partial charge in [-0.2, -0.15) is 0 Å². The van der Waals surface area contributed by atoms with Crippen LogP contribution >= 0.6 is 11.8 Å². The molecule has 1 aromatic carbocycles. The zero-order chi connectivity index (χ0) is 15.1. The number of benzene rings is 1. The summed E-state index contributed by atoms with van der Waals surface area (Å²) in [4.78, 5) is 1.25. The van der Waals surface area contributed by atoms with E-state index in [0.29, 0.717) is 0 Å². The summed E-state index contributed by atoms with van der Waals surface area (Å²) in [6, 6.07) is 8.58. The Bertz CT molecular complexity index is 571. The first kappa shape index (κ1) is 16.0. The fourth-order valence-corrected chi connectivity index (χ4v) is 2.83. The lowest BCUT2D eigenvalue weighted by Gasteiger charge is -2.07. The molecule has 0 aliphatic heterocycles. The summed E-state index contributed by atoms with van der Waals surface area (Å²) >= 11 is 1.78. The molecule has 0 amide bonds. The molecule has 0 spiro atoms. The number of nitrogens with one attached hydrogen (secondary N) is 1. The van der Waals surface area contributed by atoms with Crippen molar-refractivity contribution in [2.75, 3.05) is 20.3 Å². The first-order valence-electron chi connectivity index (χ1n) is 6.97. The van der Waals surface area contributed by atoms with Gasteiger partial charge in [-0.05, 0) is 24.6 Å². The van der Waals surface area contributed by atoms with E-state index in [2.05, 4.69) is 39.8 Å². The molecule has 0 atom stereocenters. The van der Waals surface area contributed by atoms with Crippen molar-refractivity contribution >= 4 is 11.8 Å². The van der Waals surface area contributed by atoms with Gasteiger partial charge in [-0.25, -0.2) is 0 Å². The number of thioether (sulfide) groups is 1. The van der Waals surface area contributed by atoms with Crippen molar-refractivity contribution in [3.05, 3.63) is 41.5 Å². The average molecular weight is 306 g/mol. The van der Waals surface area contributed by atoms with Crippen LogP contribution in [0.3, 0.4) is 0 Å². The Morgan fingerprint density at radius 2 is 2.19 bits per heavy atom. The maximum absolute atomic E-state index is 5.02. The molecule has 2 aromatic rings. The minimum atomic E-state index is 0.736. The largest absolute Gasteiger partial charge is 0.383 e. The summed E-state index contributed by atoms with van der Waals surface area (Å²) in [6.07, 6.45) is 0. The van der Waals surface area contributed by atoms with E-state index in [1.165, 1.54) is 10.5 Å². The smallest absolute Gasteiger partial charge is 0.143 e. The molecule has 1 N–H and O–H groups in total. The lowest BCUT2D eigenvalue weighted by atomic mass is 10.2. The molecule has 0 bridgehead atoms. The maximum atomic E-state index is 5.02. The predicted octanol–water partition coefficient (Wildman–Crippen LogP) is 2.15. The summed E-state index contributed by atoms with van der Waals surface area (Å²) in [6.45, 7) is 4.43. The summed E-state index contributed by atoms with van der Waals surface area (Å²) in [7, 11) is 3.72. The van der Waals surface area contributed by atoms with Gasteiger partial charge in [0.1, 0.15) is 11.6 Å². The van der Waals surface area contributed by atoms with E-state index >= 15 is 0 Å². The van der Waals surface area contributed by atoms with Crippen LogP contribution in [-0.2, 0) is 24.1 Å². The molecule has 1 aromatic heterocycles. The molecule has 6 heteroatoms. The van der Waals surface area contributed by atoms with Crippen molar-refractivity contribution in [1.82, 2.24) is 20.1 Å². The Morgan fingerprint density at radius 1 is 1.33 bits per heavy atom. The molecule has 2 rings (SSSR count). The van der Waals surface area contributed by atoms with E-state index < -0.39 is 0 Å². The van der Waals surface area contributed by atoms with Crippen LogP contribution in [0.5, 0.6) is 0 Å². The summed E-state index contributed by atoms with van der Waals surface area (Å²) in [5.41, 5.74) is 1.28. The van der Waals surface area contributed by atoms with Crippen LogP contribution in [0.2, 0.25) is 0 Å². The van der Waals surface area contributed by atoms with Gasteiger partial charge in [-0.15, -0.1) is 22.0 Å². The van der Waals surface area contributed by atoms with Gasteiger partial charge in [0, 0.05) is 32.1 Å². The number of hydrogen-bond acceptors (Lipinski definition) is 5. The van der Waals surface area contributed by atoms with Crippen molar-refractivity contribution in [2.45, 2.75) is 24.1 Å². The van der Waals surface area contributed by atoms with Crippen molar-refractivity contribution in [1.29, 1.82) is 0 Å². The first-order chi connectivity index (χ1) is 10.2. The van der Waals surface area contributed by atoms with Gasteiger partial charge in [-0.1, -0.05) is 12.1 Å². The molecule has 0 radical (unpaired) electrons. The van der Waals surface area contributed by atoms with Gasteiger partial charge in [0.05, 0.1) is 12.4 Å². The van der Waals surface area contributed by atoms with Crippen LogP contribution in [-0.4, -0.2) is 35.0 Å². The molecule has 5 nitrogen and oxygen atoms in total. The van der Waals surface area contributed by atoms with Gasteiger partial charge in [-0.3, -0.25) is 0 Å². The van der Waals surface area contributed by atoms with E-state index in [9.17, 15) is 0 Å². The highest BCUT2D eigenvalue weighted by Gasteiger charge is 2.05. The number of aryl methyl sites for hydroxylation is 1. The van der Waals surface area contributed by atoms with Gasteiger partial charge in [0.15, 0.2) is 0 Å². The minimum absolute atomic E-state index is 0.736. The zero-order valence-electron chi connectivity index (χ0n) is 12.8. The standard InChI is InChI=1S/C15H22N4OS/c1-12-17-18-15(19(12)2)11-21-14-6-4-5-13(9-14)10-16-7-8-20-3/h4-6,9,16H,7-8,10-11H2,1-3H3. The summed E-state index contributed by atoms with van der Waals surface area (Å²) in [5.74, 6) is 2.78. The molecule has 114 valence electrons. The van der Waals surface area contributed by atoms with E-state index in [0.717, 1.165) is 37.1 Å². The van der Waals surface area contributed by atoms with Crippen LogP contribution in [0.4, 0.5) is 0 Å². The average Bonchev–Trinajstić information content (AvgIpc) is 2.82. The number of ether oxygens (including phenoxy) is 1. The van der Waals surface area contributed by atoms with E-state index in [1.807, 2.05) is 18.5 Å². The highest BCUT2D eigenvalue weighted by atomic mass is 32.2. The minimum Gasteiger partial charge on any atom is -0.383 e. The van der Waals surface area contributed by atoms with Crippen molar-refractivity contribution in [3.8, 4) is 0 Å². The Kier molecular flexibility index (Phi) is 6.22. The van der Waals surface area contributed by atoms with Gasteiger partial charge < -0.3 is 14.6 Å². The third-order valence-electron chi connectivity index (χ3n) is 3.26. The molecular formula is C15H22N4OS. The van der Waals surface area contributed by atoms with Gasteiger partial charge in [0.25, 0.3) is 0 Å². The molecule has 0 aliphatic carbocycles. The topological polar surface area (TPSA) is 52.0 Å². The zero-order valence-corrected chi connectivity index (χ0v) is 13.6. The van der Waals surface area contributed by atoms with Crippen molar-refractivity contribution < 1.29 is 4.74 Å². The first-order valence-corrected chi connectivity index (χ1v) is 7.95. The summed E-state index contributed by atoms with van der Waals surface area (Å²) < 4.78 is 7.05. The monoisotopic (exact) mass is 306 g/mol. The van der Waals surface area contributed by atoms with Crippen LogP contribution in [0.25, 0.3) is 0 Å². The quantitative estimate of drug-likeness (QED) is 0.598. The normalized spacial score (nSPS) is 11.0. The molecule has 0 unspecified atom stereocenters. The number of rotatable bonds is 8. The van der Waals surface area contributed by atoms with Crippen molar-refractivity contribution in [2.24, 2.45) is 7.05 Å². The third-order valence-corrected chi connectivity index (χ3v) is 4.25. The Hall–Kier alpha value is -1.37. The SMILES string of the molecule is COCCNCc1cccc(SCc2nnc(C)n2C)c1. The molecule has 0 saturated heterocycles. The molecule has 0 saturated carbocycles. The highest BCUT2D eigenvalue weighted by Crippen LogP contribution is 2.22. The van der Waals surface area contributed by atoms with Crippen LogP contribution in [0, 0.1) is 6.92 Å². The number of nitrogens with zero attached hydrogens (tertiary/aromatic N) is 3. The predicted molar refractivity (Wildman–Crippen MR) is 85.3 cm³/mol. The second-order valence-corrected chi connectivity index (χ2v) is 5.88. The highest BCUT2D eigenvalue weighted by molar-refractivity contribution is 7.98. The van der Waals surface area contributed by atoms with Gasteiger partial charge in [0.2, 0.25) is 0 Å². The molecular weight excluding hydrogens is 284 g/mol. The fraction of sp³-hybridized carbons (Fsp3) is 0.467.